The van der Waals surface area contributed by atoms with Crippen molar-refractivity contribution in [2.75, 3.05) is 13.1 Å². The van der Waals surface area contributed by atoms with Gasteiger partial charge in [0.2, 0.25) is 0 Å². The molecule has 0 radical (unpaired) electrons. The first-order valence-corrected chi connectivity index (χ1v) is 8.55. The largest absolute Gasteiger partial charge is 0.457 e. The molecule has 7 nitrogen and oxygen atoms in total. The van der Waals surface area contributed by atoms with Gasteiger partial charge in [-0.15, -0.1) is 0 Å². The third-order valence-electron chi connectivity index (χ3n) is 4.22. The Bertz CT molecular complexity index is 776. The van der Waals surface area contributed by atoms with E-state index >= 15 is 0 Å². The van der Waals surface area contributed by atoms with Gasteiger partial charge in [0.05, 0.1) is 6.10 Å². The van der Waals surface area contributed by atoms with Gasteiger partial charge in [0, 0.05) is 37.8 Å². The summed E-state index contributed by atoms with van der Waals surface area (Å²) in [6, 6.07) is 5.71. The van der Waals surface area contributed by atoms with Crippen LogP contribution in [-0.2, 0) is 9.47 Å². The number of ether oxygens (including phenoxy) is 2. The van der Waals surface area contributed by atoms with E-state index in [2.05, 4.69) is 4.98 Å². The summed E-state index contributed by atoms with van der Waals surface area (Å²) >= 11 is 0. The van der Waals surface area contributed by atoms with Crippen LogP contribution in [0.15, 0.2) is 24.4 Å². The Morgan fingerprint density at radius 2 is 1.96 bits per heavy atom. The van der Waals surface area contributed by atoms with Gasteiger partial charge in [-0.2, -0.15) is 0 Å². The van der Waals surface area contributed by atoms with Gasteiger partial charge in [0.25, 0.3) is 0 Å². The van der Waals surface area contributed by atoms with Crippen molar-refractivity contribution < 1.29 is 19.1 Å². The highest BCUT2D eigenvalue weighted by Crippen LogP contribution is 2.17. The van der Waals surface area contributed by atoms with E-state index in [1.807, 2.05) is 43.4 Å². The minimum Gasteiger partial charge on any atom is -0.457 e. The van der Waals surface area contributed by atoms with Crippen LogP contribution < -0.4 is 0 Å². The zero-order chi connectivity index (χ0) is 18.0. The lowest BCUT2D eigenvalue weighted by molar-refractivity contribution is 0.00768. The molecule has 134 valence electrons. The number of esters is 1. The molecule has 0 spiro atoms. The van der Waals surface area contributed by atoms with Gasteiger partial charge in [-0.3, -0.25) is 0 Å². The molecular formula is C18H23N3O4. The second-order valence-electron chi connectivity index (χ2n) is 6.55. The van der Waals surface area contributed by atoms with Crippen molar-refractivity contribution in [1.82, 2.24) is 14.3 Å². The van der Waals surface area contributed by atoms with Crippen LogP contribution in [0.5, 0.6) is 0 Å². The van der Waals surface area contributed by atoms with E-state index in [0.717, 1.165) is 11.3 Å². The Hall–Kier alpha value is -2.57. The Balaban J connectivity index is 1.57. The van der Waals surface area contributed by atoms with Crippen LogP contribution >= 0.6 is 0 Å². The molecule has 1 aliphatic rings. The first-order valence-electron chi connectivity index (χ1n) is 8.55. The standard InChI is InChI=1S/C18H23N3O4/c1-12(2)24-18(23)20-9-7-14(8-10-20)25-17(22)15-11-21-13(3)5-4-6-16(21)19-15/h4-6,11-12,14H,7-10H2,1-3H3. The number of rotatable bonds is 3. The van der Waals surface area contributed by atoms with Crippen molar-refractivity contribution >= 4 is 17.7 Å². The minimum absolute atomic E-state index is 0.137. The summed E-state index contributed by atoms with van der Waals surface area (Å²) in [5.41, 5.74) is 2.02. The van der Waals surface area contributed by atoms with Gasteiger partial charge in [-0.25, -0.2) is 14.6 Å². The summed E-state index contributed by atoms with van der Waals surface area (Å²) in [5, 5.41) is 0. The number of piperidine rings is 1. The Kier molecular flexibility index (Phi) is 4.92. The second kappa shape index (κ2) is 7.13. The summed E-state index contributed by atoms with van der Waals surface area (Å²) < 4.78 is 12.6. The molecule has 2 aromatic heterocycles. The Labute approximate surface area is 146 Å². The summed E-state index contributed by atoms with van der Waals surface area (Å²) in [7, 11) is 0. The van der Waals surface area contributed by atoms with Gasteiger partial charge in [0.1, 0.15) is 11.8 Å². The maximum atomic E-state index is 12.4. The lowest BCUT2D eigenvalue weighted by Crippen LogP contribution is -2.42. The molecule has 1 saturated heterocycles. The maximum absolute atomic E-state index is 12.4. The zero-order valence-corrected chi connectivity index (χ0v) is 14.8. The highest BCUT2D eigenvalue weighted by atomic mass is 16.6. The molecule has 0 saturated carbocycles. The van der Waals surface area contributed by atoms with Crippen molar-refractivity contribution in [1.29, 1.82) is 0 Å². The predicted molar refractivity (Wildman–Crippen MR) is 91.6 cm³/mol. The third kappa shape index (κ3) is 3.92. The number of carbonyl (C=O) groups excluding carboxylic acids is 2. The number of nitrogens with zero attached hydrogens (tertiary/aromatic N) is 3. The van der Waals surface area contributed by atoms with Crippen LogP contribution in [0, 0.1) is 6.92 Å². The lowest BCUT2D eigenvalue weighted by atomic mass is 10.1. The van der Waals surface area contributed by atoms with Crippen molar-refractivity contribution in [3.8, 4) is 0 Å². The van der Waals surface area contributed by atoms with E-state index in [-0.39, 0.29) is 18.3 Å². The zero-order valence-electron chi connectivity index (χ0n) is 14.8. The molecule has 0 unspecified atom stereocenters. The number of aryl methyl sites for hydroxylation is 1. The van der Waals surface area contributed by atoms with Crippen molar-refractivity contribution in [3.05, 3.63) is 35.8 Å². The molecule has 1 fully saturated rings. The smallest absolute Gasteiger partial charge is 0.410 e. The average molecular weight is 345 g/mol. The average Bonchev–Trinajstić information content (AvgIpc) is 3.01. The van der Waals surface area contributed by atoms with Crippen LogP contribution in [0.3, 0.4) is 0 Å². The van der Waals surface area contributed by atoms with Gasteiger partial charge < -0.3 is 18.8 Å². The fraction of sp³-hybridized carbons (Fsp3) is 0.500. The Morgan fingerprint density at radius 1 is 1.24 bits per heavy atom. The van der Waals surface area contributed by atoms with Crippen LogP contribution in [0.2, 0.25) is 0 Å². The number of amides is 1. The number of carbonyl (C=O) groups is 2. The third-order valence-corrected chi connectivity index (χ3v) is 4.22. The normalized spacial score (nSPS) is 15.6. The van der Waals surface area contributed by atoms with Crippen LogP contribution in [0.1, 0.15) is 42.9 Å². The lowest BCUT2D eigenvalue weighted by Gasteiger charge is -2.31. The van der Waals surface area contributed by atoms with Crippen LogP contribution in [0.4, 0.5) is 4.79 Å². The summed E-state index contributed by atoms with van der Waals surface area (Å²) in [5.74, 6) is -0.425. The van der Waals surface area contributed by atoms with Gasteiger partial charge >= 0.3 is 12.1 Å². The summed E-state index contributed by atoms with van der Waals surface area (Å²) in [6.07, 6.45) is 2.25. The van der Waals surface area contributed by atoms with Gasteiger partial charge in [0.15, 0.2) is 5.69 Å². The van der Waals surface area contributed by atoms with Crippen molar-refractivity contribution in [2.24, 2.45) is 0 Å². The van der Waals surface area contributed by atoms with E-state index < -0.39 is 5.97 Å². The fourth-order valence-corrected chi connectivity index (χ4v) is 2.89. The molecular weight excluding hydrogens is 322 g/mol. The molecule has 3 rings (SSSR count). The van der Waals surface area contributed by atoms with E-state index in [4.69, 9.17) is 9.47 Å². The molecule has 25 heavy (non-hydrogen) atoms. The summed E-state index contributed by atoms with van der Waals surface area (Å²) in [6.45, 7) is 6.64. The molecule has 0 atom stereocenters. The number of pyridine rings is 1. The highest BCUT2D eigenvalue weighted by Gasteiger charge is 2.27. The molecule has 0 N–H and O–H groups in total. The number of likely N-dealkylation sites (tertiary alicyclic amines) is 1. The Morgan fingerprint density at radius 3 is 2.60 bits per heavy atom. The van der Waals surface area contributed by atoms with Crippen molar-refractivity contribution in [2.45, 2.75) is 45.8 Å². The van der Waals surface area contributed by atoms with Gasteiger partial charge in [-0.05, 0) is 32.9 Å². The van der Waals surface area contributed by atoms with E-state index in [1.165, 1.54) is 0 Å². The SMILES string of the molecule is Cc1cccc2nc(C(=O)OC3CCN(C(=O)OC(C)C)CC3)cn12. The second-order valence-corrected chi connectivity index (χ2v) is 6.55. The summed E-state index contributed by atoms with van der Waals surface area (Å²) in [4.78, 5) is 30.2. The number of fused-ring (bicyclic) bond motifs is 1. The van der Waals surface area contributed by atoms with Crippen LogP contribution in [0.25, 0.3) is 5.65 Å². The topological polar surface area (TPSA) is 73.1 Å². The number of hydrogen-bond donors (Lipinski definition) is 0. The monoisotopic (exact) mass is 345 g/mol. The molecule has 0 aromatic carbocycles. The number of hydrogen-bond acceptors (Lipinski definition) is 5. The molecule has 0 aliphatic carbocycles. The van der Waals surface area contributed by atoms with E-state index in [0.29, 0.717) is 31.6 Å². The number of imidazole rings is 1. The van der Waals surface area contributed by atoms with Gasteiger partial charge in [-0.1, -0.05) is 6.07 Å². The van der Waals surface area contributed by atoms with E-state index in [9.17, 15) is 9.59 Å². The van der Waals surface area contributed by atoms with Crippen LogP contribution in [-0.4, -0.2) is 51.6 Å². The predicted octanol–water partition coefficient (Wildman–Crippen LogP) is 2.81. The first kappa shape index (κ1) is 17.3. The molecule has 1 aliphatic heterocycles. The first-order chi connectivity index (χ1) is 11.9. The highest BCUT2D eigenvalue weighted by molar-refractivity contribution is 5.88. The minimum atomic E-state index is -0.425. The van der Waals surface area contributed by atoms with Crippen molar-refractivity contribution in [3.63, 3.8) is 0 Å². The van der Waals surface area contributed by atoms with E-state index in [1.54, 1.807) is 11.1 Å². The molecule has 2 aromatic rings. The molecule has 0 bridgehead atoms. The quantitative estimate of drug-likeness (QED) is 0.800. The maximum Gasteiger partial charge on any atom is 0.410 e. The molecule has 3 heterocycles. The number of aromatic nitrogens is 2. The molecule has 7 heteroatoms. The molecule has 1 amide bonds. The fourth-order valence-electron chi connectivity index (χ4n) is 2.89.